The number of anilines is 1. The first-order chi connectivity index (χ1) is 15.5. The normalized spacial score (nSPS) is 22.1. The molecule has 32 heavy (non-hydrogen) atoms. The molecule has 3 fully saturated rings. The minimum absolute atomic E-state index is 0.0116. The van der Waals surface area contributed by atoms with Crippen LogP contribution in [0, 0.1) is 26.7 Å². The van der Waals surface area contributed by atoms with Gasteiger partial charge in [0.15, 0.2) is 5.82 Å². The van der Waals surface area contributed by atoms with Gasteiger partial charge in [-0.3, -0.25) is 4.79 Å². The van der Waals surface area contributed by atoms with E-state index < -0.39 is 0 Å². The van der Waals surface area contributed by atoms with Crippen molar-refractivity contribution in [2.45, 2.75) is 52.1 Å². The first-order valence-corrected chi connectivity index (χ1v) is 11.1. The Hall–Kier alpha value is -3.42. The maximum atomic E-state index is 13.8. The minimum Gasteiger partial charge on any atom is -0.349 e. The van der Waals surface area contributed by atoms with Gasteiger partial charge in [-0.15, -0.1) is 0 Å². The van der Waals surface area contributed by atoms with E-state index in [1.54, 1.807) is 18.5 Å². The van der Waals surface area contributed by atoms with Crippen LogP contribution < -0.4 is 5.32 Å². The molecule has 0 spiro atoms. The van der Waals surface area contributed by atoms with Gasteiger partial charge >= 0.3 is 0 Å². The quantitative estimate of drug-likeness (QED) is 0.679. The lowest BCUT2D eigenvalue weighted by Crippen LogP contribution is -2.60. The molecule has 164 valence electrons. The van der Waals surface area contributed by atoms with Crippen LogP contribution in [0.25, 0.3) is 11.5 Å². The molecule has 1 saturated carbocycles. The zero-order valence-electron chi connectivity index (χ0n) is 18.6. The molecule has 3 aromatic rings. The van der Waals surface area contributed by atoms with Crippen molar-refractivity contribution in [2.75, 3.05) is 11.9 Å². The molecule has 0 radical (unpaired) electrons. The highest BCUT2D eigenvalue weighted by Gasteiger charge is 2.44. The van der Waals surface area contributed by atoms with Crippen molar-refractivity contribution in [3.63, 3.8) is 0 Å². The predicted octanol–water partition coefficient (Wildman–Crippen LogP) is 3.36. The fourth-order valence-corrected chi connectivity index (χ4v) is 5.01. The molecule has 3 unspecified atom stereocenters. The number of amides is 1. The summed E-state index contributed by atoms with van der Waals surface area (Å²) in [6, 6.07) is 7.67. The molecule has 8 heteroatoms. The highest BCUT2D eigenvalue weighted by molar-refractivity contribution is 5.99. The van der Waals surface area contributed by atoms with Crippen LogP contribution in [-0.4, -0.2) is 54.4 Å². The molecule has 1 amide bonds. The van der Waals surface area contributed by atoms with E-state index in [1.807, 2.05) is 43.9 Å². The van der Waals surface area contributed by atoms with Gasteiger partial charge in [-0.05, 0) is 70.2 Å². The summed E-state index contributed by atoms with van der Waals surface area (Å²) < 4.78 is 0. The summed E-state index contributed by atoms with van der Waals surface area (Å²) in [7, 11) is 0. The average Bonchev–Trinajstić information content (AvgIpc) is 2.79. The van der Waals surface area contributed by atoms with Crippen LogP contribution in [0.2, 0.25) is 0 Å². The van der Waals surface area contributed by atoms with Crippen LogP contribution in [0.15, 0.2) is 36.7 Å². The van der Waals surface area contributed by atoms with E-state index in [2.05, 4.69) is 30.2 Å². The number of nitrogens with zero attached hydrogens (tertiary/aromatic N) is 6. The molecular formula is C24H27N7O. The number of carbonyl (C=O) groups excluding carboxylic acids is 1. The van der Waals surface area contributed by atoms with Crippen molar-refractivity contribution < 1.29 is 4.79 Å². The molecule has 1 aliphatic carbocycles. The van der Waals surface area contributed by atoms with Gasteiger partial charge < -0.3 is 10.2 Å². The Morgan fingerprint density at radius 2 is 1.75 bits per heavy atom. The monoisotopic (exact) mass is 429 g/mol. The van der Waals surface area contributed by atoms with Crippen molar-refractivity contribution in [3.8, 4) is 11.5 Å². The maximum absolute atomic E-state index is 13.8. The Morgan fingerprint density at radius 1 is 1.00 bits per heavy atom. The van der Waals surface area contributed by atoms with E-state index in [0.717, 1.165) is 42.9 Å². The third kappa shape index (κ3) is 3.92. The number of aromatic nitrogens is 5. The Balaban J connectivity index is 1.45. The standard InChI is InChI=1S/C24H27N7O/c1-14-5-7-18(21(27-14)22-25-9-4-10-26-22)23(32)31-13-17-6-8-20(31)19(12-17)30-24-28-15(2)11-16(3)29-24/h4-5,7,9-11,17,19-20H,6,8,12-13H2,1-3H3,(H,28,29,30). The second-order valence-corrected chi connectivity index (χ2v) is 8.85. The Kier molecular flexibility index (Phi) is 5.28. The Bertz CT molecular complexity index is 1130. The summed E-state index contributed by atoms with van der Waals surface area (Å²) in [6.07, 6.45) is 6.47. The fourth-order valence-electron chi connectivity index (χ4n) is 5.01. The first kappa shape index (κ1) is 20.5. The molecule has 2 aliphatic heterocycles. The van der Waals surface area contributed by atoms with Crippen molar-refractivity contribution in [1.82, 2.24) is 29.8 Å². The van der Waals surface area contributed by atoms with Crippen molar-refractivity contribution in [1.29, 1.82) is 0 Å². The number of pyridine rings is 1. The molecule has 1 N–H and O–H groups in total. The predicted molar refractivity (Wildman–Crippen MR) is 121 cm³/mol. The van der Waals surface area contributed by atoms with E-state index in [0.29, 0.717) is 28.9 Å². The third-order valence-electron chi connectivity index (χ3n) is 6.38. The molecule has 8 nitrogen and oxygen atoms in total. The maximum Gasteiger partial charge on any atom is 0.256 e. The number of hydrogen-bond acceptors (Lipinski definition) is 7. The number of hydrogen-bond donors (Lipinski definition) is 1. The van der Waals surface area contributed by atoms with Crippen LogP contribution in [0.3, 0.4) is 0 Å². The molecule has 3 atom stereocenters. The SMILES string of the molecule is Cc1cc(C)nc(NC2CC3CCC2N(C(=O)c2ccc(C)nc2-c2ncccn2)C3)n1. The smallest absolute Gasteiger partial charge is 0.256 e. The van der Waals surface area contributed by atoms with Crippen molar-refractivity contribution >= 4 is 11.9 Å². The van der Waals surface area contributed by atoms with Gasteiger partial charge in [0.2, 0.25) is 5.95 Å². The zero-order valence-corrected chi connectivity index (χ0v) is 18.6. The van der Waals surface area contributed by atoms with E-state index in [1.165, 1.54) is 0 Å². The molecular weight excluding hydrogens is 402 g/mol. The van der Waals surface area contributed by atoms with E-state index >= 15 is 0 Å². The first-order valence-electron chi connectivity index (χ1n) is 11.1. The van der Waals surface area contributed by atoms with Crippen LogP contribution in [-0.2, 0) is 0 Å². The number of aryl methyl sites for hydroxylation is 3. The van der Waals surface area contributed by atoms with Gasteiger partial charge in [-0.2, -0.15) is 0 Å². The molecule has 2 saturated heterocycles. The van der Waals surface area contributed by atoms with Gasteiger partial charge in [-0.1, -0.05) is 0 Å². The van der Waals surface area contributed by atoms with Crippen molar-refractivity contribution in [2.24, 2.45) is 5.92 Å². The summed E-state index contributed by atoms with van der Waals surface area (Å²) in [5.41, 5.74) is 3.80. The summed E-state index contributed by atoms with van der Waals surface area (Å²) in [5, 5.41) is 3.53. The second-order valence-electron chi connectivity index (χ2n) is 8.85. The molecule has 3 aliphatic rings. The third-order valence-corrected chi connectivity index (χ3v) is 6.38. The van der Waals surface area contributed by atoms with Crippen LogP contribution >= 0.6 is 0 Å². The van der Waals surface area contributed by atoms with E-state index in [9.17, 15) is 4.79 Å². The molecule has 0 aromatic carbocycles. The lowest BCUT2D eigenvalue weighted by molar-refractivity contribution is 0.0281. The highest BCUT2D eigenvalue weighted by Crippen LogP contribution is 2.38. The Labute approximate surface area is 187 Å². The van der Waals surface area contributed by atoms with E-state index in [-0.39, 0.29) is 18.0 Å². The highest BCUT2D eigenvalue weighted by atomic mass is 16.2. The van der Waals surface area contributed by atoms with E-state index in [4.69, 9.17) is 0 Å². The van der Waals surface area contributed by atoms with Crippen LogP contribution in [0.5, 0.6) is 0 Å². The molecule has 2 bridgehead atoms. The number of carbonyl (C=O) groups is 1. The van der Waals surface area contributed by atoms with Gasteiger partial charge in [0.25, 0.3) is 5.91 Å². The lowest BCUT2D eigenvalue weighted by Gasteiger charge is -2.50. The van der Waals surface area contributed by atoms with Gasteiger partial charge in [0, 0.05) is 42.1 Å². The van der Waals surface area contributed by atoms with Crippen molar-refractivity contribution in [3.05, 3.63) is 59.3 Å². The molecule has 6 rings (SSSR count). The molecule has 5 heterocycles. The zero-order chi connectivity index (χ0) is 22.2. The lowest BCUT2D eigenvalue weighted by atomic mass is 9.76. The summed E-state index contributed by atoms with van der Waals surface area (Å²) in [4.78, 5) is 38.2. The van der Waals surface area contributed by atoms with Crippen LogP contribution in [0.1, 0.15) is 46.7 Å². The summed E-state index contributed by atoms with van der Waals surface area (Å²) in [5.74, 6) is 1.56. The minimum atomic E-state index is -0.0116. The number of nitrogens with one attached hydrogen (secondary N) is 1. The largest absolute Gasteiger partial charge is 0.349 e. The topological polar surface area (TPSA) is 96.8 Å². The summed E-state index contributed by atoms with van der Waals surface area (Å²) >= 11 is 0. The van der Waals surface area contributed by atoms with Crippen LogP contribution in [0.4, 0.5) is 5.95 Å². The fraction of sp³-hybridized carbons (Fsp3) is 0.417. The Morgan fingerprint density at radius 3 is 2.47 bits per heavy atom. The summed E-state index contributed by atoms with van der Waals surface area (Å²) in [6.45, 7) is 6.62. The average molecular weight is 430 g/mol. The van der Waals surface area contributed by atoms with Gasteiger partial charge in [-0.25, -0.2) is 24.9 Å². The number of rotatable bonds is 4. The second kappa shape index (κ2) is 8.26. The molecule has 3 aromatic heterocycles. The number of piperidine rings is 2. The number of fused-ring (bicyclic) bond motifs is 3. The van der Waals surface area contributed by atoms with Gasteiger partial charge in [0.1, 0.15) is 5.69 Å². The van der Waals surface area contributed by atoms with Gasteiger partial charge in [0.05, 0.1) is 11.6 Å².